The number of non-ortho nitro benzene ring substituents is 1. The van der Waals surface area contributed by atoms with E-state index in [1.807, 2.05) is 13.0 Å². The minimum Gasteiger partial charge on any atom is -0.380 e. The van der Waals surface area contributed by atoms with Gasteiger partial charge in [0.15, 0.2) is 0 Å². The minimum absolute atomic E-state index is 0.0962. The monoisotopic (exact) mass is 252 g/mol. The van der Waals surface area contributed by atoms with Crippen molar-refractivity contribution in [2.24, 2.45) is 5.92 Å². The Hall–Kier alpha value is -1.62. The number of nitrogens with zero attached hydrogens (tertiary/aromatic N) is 1. The molecule has 0 saturated carbocycles. The van der Waals surface area contributed by atoms with Crippen LogP contribution in [0.3, 0.4) is 0 Å². The molecule has 1 aromatic rings. The third kappa shape index (κ3) is 4.33. The second-order valence-corrected chi connectivity index (χ2v) is 4.46. The van der Waals surface area contributed by atoms with Crippen molar-refractivity contribution in [2.75, 3.05) is 18.5 Å². The molecule has 0 saturated heterocycles. The highest BCUT2D eigenvalue weighted by Gasteiger charge is 2.14. The van der Waals surface area contributed by atoms with Gasteiger partial charge in [-0.2, -0.15) is 0 Å². The number of nitro benzene ring substituents is 1. The number of benzene rings is 1. The van der Waals surface area contributed by atoms with Gasteiger partial charge in [0.2, 0.25) is 0 Å². The summed E-state index contributed by atoms with van der Waals surface area (Å²) in [6.45, 7) is 7.39. The van der Waals surface area contributed by atoms with E-state index in [0.717, 1.165) is 5.69 Å². The minimum atomic E-state index is -0.391. The molecule has 0 spiro atoms. The van der Waals surface area contributed by atoms with E-state index in [-0.39, 0.29) is 11.7 Å². The molecular weight excluding hydrogens is 232 g/mol. The van der Waals surface area contributed by atoms with E-state index >= 15 is 0 Å². The van der Waals surface area contributed by atoms with Crippen LogP contribution in [0.25, 0.3) is 0 Å². The second-order valence-electron chi connectivity index (χ2n) is 4.46. The van der Waals surface area contributed by atoms with E-state index < -0.39 is 4.92 Å². The maximum Gasteiger partial charge on any atom is 0.271 e. The van der Waals surface area contributed by atoms with Crippen LogP contribution < -0.4 is 5.32 Å². The number of rotatable bonds is 7. The number of hydrogen-bond acceptors (Lipinski definition) is 4. The Morgan fingerprint density at radius 2 is 2.17 bits per heavy atom. The van der Waals surface area contributed by atoms with Gasteiger partial charge in [0, 0.05) is 24.4 Å². The molecule has 0 amide bonds. The lowest BCUT2D eigenvalue weighted by Gasteiger charge is -2.23. The summed E-state index contributed by atoms with van der Waals surface area (Å²) in [6.07, 6.45) is 0. The second kappa shape index (κ2) is 6.96. The fourth-order valence-corrected chi connectivity index (χ4v) is 1.57. The summed E-state index contributed by atoms with van der Waals surface area (Å²) in [6, 6.07) is 6.68. The van der Waals surface area contributed by atoms with Crippen molar-refractivity contribution < 1.29 is 9.66 Å². The van der Waals surface area contributed by atoms with Gasteiger partial charge in [-0.15, -0.1) is 0 Å². The zero-order valence-corrected chi connectivity index (χ0v) is 11.1. The third-order valence-corrected chi connectivity index (χ3v) is 2.72. The van der Waals surface area contributed by atoms with Crippen LogP contribution in [0.4, 0.5) is 11.4 Å². The maximum atomic E-state index is 10.7. The van der Waals surface area contributed by atoms with Gasteiger partial charge in [-0.1, -0.05) is 19.9 Å². The quantitative estimate of drug-likeness (QED) is 0.598. The smallest absolute Gasteiger partial charge is 0.271 e. The van der Waals surface area contributed by atoms with Gasteiger partial charge in [0.05, 0.1) is 17.6 Å². The Balaban J connectivity index is 2.73. The molecule has 5 heteroatoms. The number of nitro groups is 1. The van der Waals surface area contributed by atoms with Crippen LogP contribution in [-0.2, 0) is 4.74 Å². The van der Waals surface area contributed by atoms with Gasteiger partial charge < -0.3 is 10.1 Å². The lowest BCUT2D eigenvalue weighted by atomic mass is 10.0. The summed E-state index contributed by atoms with van der Waals surface area (Å²) < 4.78 is 5.41. The van der Waals surface area contributed by atoms with Crippen molar-refractivity contribution in [3.8, 4) is 0 Å². The van der Waals surface area contributed by atoms with Crippen molar-refractivity contribution in [1.29, 1.82) is 0 Å². The van der Waals surface area contributed by atoms with Crippen LogP contribution in [0.5, 0.6) is 0 Å². The average Bonchev–Trinajstić information content (AvgIpc) is 2.34. The molecule has 5 nitrogen and oxygen atoms in total. The standard InChI is InChI=1S/C13H20N2O3/c1-4-18-9-13(10(2)3)14-11-6-5-7-12(8-11)15(16)17/h5-8,10,13-14H,4,9H2,1-3H3. The van der Waals surface area contributed by atoms with Crippen molar-refractivity contribution >= 4 is 11.4 Å². The molecule has 0 aliphatic heterocycles. The Bertz CT molecular complexity index is 394. The van der Waals surface area contributed by atoms with Gasteiger partial charge in [-0.05, 0) is 18.9 Å². The van der Waals surface area contributed by atoms with Gasteiger partial charge in [-0.3, -0.25) is 10.1 Å². The molecular formula is C13H20N2O3. The third-order valence-electron chi connectivity index (χ3n) is 2.72. The number of hydrogen-bond donors (Lipinski definition) is 1. The molecule has 0 heterocycles. The fourth-order valence-electron chi connectivity index (χ4n) is 1.57. The van der Waals surface area contributed by atoms with Crippen molar-refractivity contribution in [3.63, 3.8) is 0 Å². The molecule has 1 rings (SSSR count). The first-order valence-electron chi connectivity index (χ1n) is 6.13. The summed E-state index contributed by atoms with van der Waals surface area (Å²) >= 11 is 0. The molecule has 1 atom stereocenters. The Kier molecular flexibility index (Phi) is 5.58. The number of nitrogens with one attached hydrogen (secondary N) is 1. The zero-order chi connectivity index (χ0) is 13.5. The predicted molar refractivity (Wildman–Crippen MR) is 71.8 cm³/mol. The molecule has 0 bridgehead atoms. The van der Waals surface area contributed by atoms with Crippen LogP contribution >= 0.6 is 0 Å². The Labute approximate surface area is 107 Å². The van der Waals surface area contributed by atoms with Crippen LogP contribution in [0.1, 0.15) is 20.8 Å². The van der Waals surface area contributed by atoms with Crippen LogP contribution in [0, 0.1) is 16.0 Å². The first-order valence-corrected chi connectivity index (χ1v) is 6.13. The highest BCUT2D eigenvalue weighted by molar-refractivity contribution is 5.51. The first-order chi connectivity index (χ1) is 8.54. The summed E-state index contributed by atoms with van der Waals surface area (Å²) in [7, 11) is 0. The van der Waals surface area contributed by atoms with E-state index in [4.69, 9.17) is 4.74 Å². The molecule has 1 unspecified atom stereocenters. The fraction of sp³-hybridized carbons (Fsp3) is 0.538. The first kappa shape index (κ1) is 14.4. The van der Waals surface area contributed by atoms with E-state index in [2.05, 4.69) is 19.2 Å². The molecule has 0 fully saturated rings. The van der Waals surface area contributed by atoms with E-state index in [1.54, 1.807) is 12.1 Å². The van der Waals surface area contributed by atoms with Crippen LogP contribution in [0.2, 0.25) is 0 Å². The molecule has 0 radical (unpaired) electrons. The highest BCUT2D eigenvalue weighted by atomic mass is 16.6. The van der Waals surface area contributed by atoms with Crippen molar-refractivity contribution in [1.82, 2.24) is 0 Å². The number of anilines is 1. The largest absolute Gasteiger partial charge is 0.380 e. The summed E-state index contributed by atoms with van der Waals surface area (Å²) in [4.78, 5) is 10.3. The van der Waals surface area contributed by atoms with Crippen LogP contribution in [-0.4, -0.2) is 24.2 Å². The predicted octanol–water partition coefficient (Wildman–Crippen LogP) is 3.07. The topological polar surface area (TPSA) is 64.4 Å². The summed E-state index contributed by atoms with van der Waals surface area (Å²) in [5.74, 6) is 0.385. The maximum absolute atomic E-state index is 10.7. The SMILES string of the molecule is CCOCC(Nc1cccc([N+](=O)[O-])c1)C(C)C. The average molecular weight is 252 g/mol. The molecule has 0 aliphatic rings. The normalized spacial score (nSPS) is 12.4. The molecule has 0 aliphatic carbocycles. The van der Waals surface area contributed by atoms with Crippen molar-refractivity contribution in [3.05, 3.63) is 34.4 Å². The lowest BCUT2D eigenvalue weighted by molar-refractivity contribution is -0.384. The molecule has 100 valence electrons. The van der Waals surface area contributed by atoms with E-state index in [9.17, 15) is 10.1 Å². The van der Waals surface area contributed by atoms with Crippen LogP contribution in [0.15, 0.2) is 24.3 Å². The summed E-state index contributed by atoms with van der Waals surface area (Å²) in [5.41, 5.74) is 0.849. The lowest BCUT2D eigenvalue weighted by Crippen LogP contribution is -2.30. The van der Waals surface area contributed by atoms with Crippen molar-refractivity contribution in [2.45, 2.75) is 26.8 Å². The van der Waals surface area contributed by atoms with E-state index in [0.29, 0.717) is 19.1 Å². The zero-order valence-electron chi connectivity index (χ0n) is 11.1. The van der Waals surface area contributed by atoms with Gasteiger partial charge in [0.1, 0.15) is 0 Å². The van der Waals surface area contributed by atoms with Gasteiger partial charge >= 0.3 is 0 Å². The van der Waals surface area contributed by atoms with Gasteiger partial charge in [-0.25, -0.2) is 0 Å². The van der Waals surface area contributed by atoms with Gasteiger partial charge in [0.25, 0.3) is 5.69 Å². The highest BCUT2D eigenvalue weighted by Crippen LogP contribution is 2.19. The molecule has 18 heavy (non-hydrogen) atoms. The van der Waals surface area contributed by atoms with E-state index in [1.165, 1.54) is 6.07 Å². The Morgan fingerprint density at radius 3 is 2.72 bits per heavy atom. The number of ether oxygens (including phenoxy) is 1. The Morgan fingerprint density at radius 1 is 1.44 bits per heavy atom. The molecule has 1 N–H and O–H groups in total. The molecule has 0 aromatic heterocycles. The molecule has 1 aromatic carbocycles. The summed E-state index contributed by atoms with van der Waals surface area (Å²) in [5, 5.41) is 14.0.